The molecule has 0 spiro atoms. The minimum atomic E-state index is -4.62. The molecule has 0 unspecified atom stereocenters. The van der Waals surface area contributed by atoms with E-state index in [9.17, 15) is 31.9 Å². The zero-order valence-electron chi connectivity index (χ0n) is 27.6. The van der Waals surface area contributed by atoms with Crippen LogP contribution < -0.4 is 31.3 Å². The SMILES string of the molecule is CC(C)(CNC(=O)C(=O)Nc1ccc(Cl)cc1F)CNC(=O)c1ccc(Nc2nc(NC3(c4ccc(Cl)cc4)CC3)nc(OCC(F)(F)F)n2)cc1. The van der Waals surface area contributed by atoms with Gasteiger partial charge in [0.1, 0.15) is 5.82 Å². The van der Waals surface area contributed by atoms with E-state index in [1.165, 1.54) is 24.3 Å². The lowest BCUT2D eigenvalue weighted by Crippen LogP contribution is -2.45. The normalized spacial score (nSPS) is 13.5. The van der Waals surface area contributed by atoms with E-state index in [4.69, 9.17) is 27.9 Å². The van der Waals surface area contributed by atoms with Gasteiger partial charge in [0, 0.05) is 34.4 Å². The second kappa shape index (κ2) is 15.6. The fraction of sp³-hybridized carbons (Fsp3) is 0.294. The average molecular weight is 764 g/mol. The van der Waals surface area contributed by atoms with Crippen molar-refractivity contribution in [2.45, 2.75) is 38.4 Å². The van der Waals surface area contributed by atoms with Crippen molar-refractivity contribution in [3.05, 3.63) is 93.7 Å². The lowest BCUT2D eigenvalue weighted by atomic mass is 9.93. The minimum Gasteiger partial charge on any atom is -0.454 e. The highest BCUT2D eigenvalue weighted by molar-refractivity contribution is 6.39. The lowest BCUT2D eigenvalue weighted by Gasteiger charge is -2.25. The van der Waals surface area contributed by atoms with Crippen LogP contribution in [-0.2, 0) is 15.1 Å². The molecule has 274 valence electrons. The largest absolute Gasteiger partial charge is 0.454 e. The van der Waals surface area contributed by atoms with Crippen molar-refractivity contribution in [1.29, 1.82) is 0 Å². The van der Waals surface area contributed by atoms with Crippen LogP contribution in [0.1, 0.15) is 42.6 Å². The summed E-state index contributed by atoms with van der Waals surface area (Å²) in [5, 5.41) is 14.2. The number of hydrogen-bond donors (Lipinski definition) is 5. The maximum absolute atomic E-state index is 14.0. The smallest absolute Gasteiger partial charge is 0.422 e. The van der Waals surface area contributed by atoms with Crippen LogP contribution in [0.25, 0.3) is 0 Å². The molecule has 0 radical (unpaired) electrons. The Morgan fingerprint density at radius 3 is 2.10 bits per heavy atom. The molecule has 1 heterocycles. The molecule has 5 rings (SSSR count). The van der Waals surface area contributed by atoms with E-state index in [0.717, 1.165) is 24.5 Å². The van der Waals surface area contributed by atoms with Gasteiger partial charge in [0.25, 0.3) is 5.91 Å². The molecular weight excluding hydrogens is 731 g/mol. The Bertz CT molecular complexity index is 1940. The molecule has 1 saturated carbocycles. The number of benzene rings is 3. The second-order valence-corrected chi connectivity index (χ2v) is 13.6. The second-order valence-electron chi connectivity index (χ2n) is 12.7. The molecule has 1 fully saturated rings. The fourth-order valence-electron chi connectivity index (χ4n) is 4.76. The van der Waals surface area contributed by atoms with Crippen molar-refractivity contribution in [3.63, 3.8) is 0 Å². The number of halogens is 6. The molecule has 18 heteroatoms. The molecule has 0 bridgehead atoms. The third-order valence-corrected chi connectivity index (χ3v) is 8.21. The number of carbonyl (C=O) groups is 3. The number of aromatic nitrogens is 3. The minimum absolute atomic E-state index is 0.00373. The molecule has 12 nitrogen and oxygen atoms in total. The van der Waals surface area contributed by atoms with Crippen molar-refractivity contribution in [2.75, 3.05) is 35.6 Å². The van der Waals surface area contributed by atoms with Crippen LogP contribution in [0.4, 0.5) is 40.8 Å². The van der Waals surface area contributed by atoms with Crippen molar-refractivity contribution in [2.24, 2.45) is 5.41 Å². The molecule has 3 aromatic carbocycles. The van der Waals surface area contributed by atoms with Crippen LogP contribution in [0.2, 0.25) is 10.0 Å². The Labute approximate surface area is 305 Å². The number of ether oxygens (including phenoxy) is 1. The summed E-state index contributed by atoms with van der Waals surface area (Å²) < 4.78 is 57.5. The molecule has 1 aromatic heterocycles. The van der Waals surface area contributed by atoms with Crippen LogP contribution in [0.3, 0.4) is 0 Å². The summed E-state index contributed by atoms with van der Waals surface area (Å²) in [6, 6.07) is 16.3. The van der Waals surface area contributed by atoms with Crippen LogP contribution in [0, 0.1) is 11.2 Å². The summed E-state index contributed by atoms with van der Waals surface area (Å²) >= 11 is 11.7. The summed E-state index contributed by atoms with van der Waals surface area (Å²) in [4.78, 5) is 49.8. The van der Waals surface area contributed by atoms with E-state index in [1.807, 2.05) is 12.1 Å². The van der Waals surface area contributed by atoms with Crippen molar-refractivity contribution < 1.29 is 36.7 Å². The van der Waals surface area contributed by atoms with Crippen LogP contribution in [0.15, 0.2) is 66.7 Å². The van der Waals surface area contributed by atoms with E-state index < -0.39 is 53.3 Å². The van der Waals surface area contributed by atoms with E-state index in [-0.39, 0.29) is 41.3 Å². The van der Waals surface area contributed by atoms with Gasteiger partial charge in [-0.3, -0.25) is 14.4 Å². The van der Waals surface area contributed by atoms with Gasteiger partial charge >= 0.3 is 24.0 Å². The highest BCUT2D eigenvalue weighted by Gasteiger charge is 2.45. The topological polar surface area (TPSA) is 159 Å². The van der Waals surface area contributed by atoms with Gasteiger partial charge in [0.05, 0.1) is 11.2 Å². The van der Waals surface area contributed by atoms with Crippen LogP contribution >= 0.6 is 23.2 Å². The zero-order valence-corrected chi connectivity index (χ0v) is 29.1. The van der Waals surface area contributed by atoms with E-state index in [1.54, 1.807) is 38.1 Å². The summed E-state index contributed by atoms with van der Waals surface area (Å²) in [6.45, 7) is 2.01. The average Bonchev–Trinajstić information content (AvgIpc) is 3.87. The van der Waals surface area contributed by atoms with Gasteiger partial charge in [-0.05, 0) is 78.4 Å². The molecule has 5 N–H and O–H groups in total. The predicted molar refractivity (Wildman–Crippen MR) is 186 cm³/mol. The molecule has 0 saturated heterocycles. The van der Waals surface area contributed by atoms with E-state index >= 15 is 0 Å². The third kappa shape index (κ3) is 10.6. The molecule has 0 atom stereocenters. The number of alkyl halides is 3. The summed E-state index contributed by atoms with van der Waals surface area (Å²) in [5.74, 6) is -3.41. The van der Waals surface area contributed by atoms with Gasteiger partial charge in [-0.15, -0.1) is 0 Å². The van der Waals surface area contributed by atoms with Crippen molar-refractivity contribution >= 4 is 64.2 Å². The van der Waals surface area contributed by atoms with Gasteiger partial charge < -0.3 is 31.3 Å². The first kappa shape index (κ1) is 38.0. The summed E-state index contributed by atoms with van der Waals surface area (Å²) in [5.41, 5.74) is 0.162. The molecule has 3 amide bonds. The predicted octanol–water partition coefficient (Wildman–Crippen LogP) is 6.61. The van der Waals surface area contributed by atoms with Crippen molar-refractivity contribution in [3.8, 4) is 6.01 Å². The monoisotopic (exact) mass is 762 g/mol. The van der Waals surface area contributed by atoms with Gasteiger partial charge in [-0.2, -0.15) is 28.1 Å². The number of rotatable bonds is 13. The Morgan fingerprint density at radius 2 is 1.46 bits per heavy atom. The summed E-state index contributed by atoms with van der Waals surface area (Å²) in [7, 11) is 0. The van der Waals surface area contributed by atoms with E-state index in [0.29, 0.717) is 10.7 Å². The maximum atomic E-state index is 14.0. The number of nitrogens with one attached hydrogen (secondary N) is 5. The molecular formula is C34H32Cl2F4N8O4. The highest BCUT2D eigenvalue weighted by Crippen LogP contribution is 2.48. The Kier molecular flexibility index (Phi) is 11.4. The highest BCUT2D eigenvalue weighted by atomic mass is 35.5. The molecule has 1 aliphatic rings. The van der Waals surface area contributed by atoms with Gasteiger partial charge in [0.2, 0.25) is 11.9 Å². The number of hydrogen-bond acceptors (Lipinski definition) is 9. The zero-order chi connectivity index (χ0) is 37.7. The third-order valence-electron chi connectivity index (χ3n) is 7.72. The first-order valence-electron chi connectivity index (χ1n) is 15.7. The maximum Gasteiger partial charge on any atom is 0.422 e. The van der Waals surface area contributed by atoms with Gasteiger partial charge in [-0.25, -0.2) is 4.39 Å². The summed E-state index contributed by atoms with van der Waals surface area (Å²) in [6.07, 6.45) is -3.17. The quantitative estimate of drug-likeness (QED) is 0.0746. The van der Waals surface area contributed by atoms with Gasteiger partial charge in [0.15, 0.2) is 6.61 Å². The molecule has 52 heavy (non-hydrogen) atoms. The van der Waals surface area contributed by atoms with Crippen molar-refractivity contribution in [1.82, 2.24) is 25.6 Å². The number of carbonyl (C=O) groups excluding carboxylic acids is 3. The van der Waals surface area contributed by atoms with Crippen LogP contribution in [-0.4, -0.2) is 58.5 Å². The van der Waals surface area contributed by atoms with Crippen LogP contribution in [0.5, 0.6) is 6.01 Å². The van der Waals surface area contributed by atoms with Gasteiger partial charge in [-0.1, -0.05) is 49.2 Å². The lowest BCUT2D eigenvalue weighted by molar-refractivity contribution is -0.154. The van der Waals surface area contributed by atoms with E-state index in [2.05, 4.69) is 41.5 Å². The molecule has 4 aromatic rings. The first-order valence-corrected chi connectivity index (χ1v) is 16.4. The number of amides is 3. The molecule has 1 aliphatic carbocycles. The first-order chi connectivity index (χ1) is 24.5. The Morgan fingerprint density at radius 1 is 0.827 bits per heavy atom. The fourth-order valence-corrected chi connectivity index (χ4v) is 5.05. The molecule has 0 aliphatic heterocycles. The Hall–Kier alpha value is -5.22. The number of anilines is 4. The Balaban J connectivity index is 1.17. The number of nitrogens with zero attached hydrogens (tertiary/aromatic N) is 3. The standard InChI is InChI=1S/C34H32Cl2F4N8O4/c1-32(2,17-42-27(50)28(51)44-25-12-9-22(36)15-24(25)37)16-41-26(49)19-3-10-23(11-4-19)43-29-45-30(47-31(46-29)52-18-34(38,39)40)48-33(13-14-33)20-5-7-21(35)8-6-20/h3-12,15H,13-14,16-18H2,1-2H3,(H,41,49)(H,42,50)(H,44,51)(H2,43,45,46,47,48).